The number of hydrogen-bond donors (Lipinski definition) is 1. The van der Waals surface area contributed by atoms with Gasteiger partial charge in [0.2, 0.25) is 0 Å². The number of nitrogens with two attached hydrogens (primary N) is 1. The van der Waals surface area contributed by atoms with Gasteiger partial charge in [-0.05, 0) is 18.2 Å². The third-order valence-electron chi connectivity index (χ3n) is 1.82. The lowest BCUT2D eigenvalue weighted by atomic mass is 10.1. The number of hydrogen-bond acceptors (Lipinski definition) is 2. The van der Waals surface area contributed by atoms with E-state index in [-0.39, 0.29) is 0 Å². The van der Waals surface area contributed by atoms with Crippen LogP contribution < -0.4 is 5.73 Å². The molecule has 1 rings (SSSR count). The van der Waals surface area contributed by atoms with Crippen molar-refractivity contribution in [1.82, 2.24) is 0 Å². The summed E-state index contributed by atoms with van der Waals surface area (Å²) in [6, 6.07) is 0.407. The molecule has 0 aromatic rings. The van der Waals surface area contributed by atoms with Crippen molar-refractivity contribution in [1.29, 1.82) is 0 Å². The van der Waals surface area contributed by atoms with E-state index in [0.717, 1.165) is 0 Å². The summed E-state index contributed by atoms with van der Waals surface area (Å²) in [5.41, 5.74) is 5.93. The third kappa shape index (κ3) is 2.03. The van der Waals surface area contributed by atoms with Crippen molar-refractivity contribution in [2.75, 3.05) is 0 Å². The Morgan fingerprint density at radius 3 is 3.10 bits per heavy atom. The predicted octanol–water partition coefficient (Wildman–Crippen LogP) is 2.13. The Bertz CT molecular complexity index is 114. The largest absolute Gasteiger partial charge is 0.327 e. The molecular formula is C8H15NS. The average molecular weight is 157 g/mol. The molecule has 2 atom stereocenters. The zero-order valence-electron chi connectivity index (χ0n) is 6.42. The maximum absolute atomic E-state index is 5.93. The summed E-state index contributed by atoms with van der Waals surface area (Å²) in [4.78, 5) is 0. The normalized spacial score (nSPS) is 27.2. The van der Waals surface area contributed by atoms with Gasteiger partial charge in [-0.2, -0.15) is 0 Å². The van der Waals surface area contributed by atoms with E-state index in [1.165, 1.54) is 19.3 Å². The summed E-state index contributed by atoms with van der Waals surface area (Å²) in [7, 11) is 0. The van der Waals surface area contributed by atoms with Crippen molar-refractivity contribution < 1.29 is 0 Å². The molecule has 0 bridgehead atoms. The summed E-state index contributed by atoms with van der Waals surface area (Å²) >= 11 is 1.88. The standard InChI is InChI=1S/C8H15NS/c1-2-4-7(9)8-5-3-6-10-8/h3,6-8H,2,4-5,9H2,1H3. The Balaban J connectivity index is 2.21. The van der Waals surface area contributed by atoms with Crippen LogP contribution in [0.2, 0.25) is 0 Å². The first kappa shape index (κ1) is 8.15. The van der Waals surface area contributed by atoms with Crippen LogP contribution in [-0.2, 0) is 0 Å². The van der Waals surface area contributed by atoms with E-state index in [9.17, 15) is 0 Å². The van der Waals surface area contributed by atoms with Gasteiger partial charge in [0.25, 0.3) is 0 Å². The summed E-state index contributed by atoms with van der Waals surface area (Å²) in [5, 5.41) is 2.83. The highest BCUT2D eigenvalue weighted by Gasteiger charge is 2.17. The van der Waals surface area contributed by atoms with Gasteiger partial charge in [-0.15, -0.1) is 11.8 Å². The van der Waals surface area contributed by atoms with Crippen molar-refractivity contribution in [3.63, 3.8) is 0 Å². The van der Waals surface area contributed by atoms with E-state index in [1.807, 2.05) is 11.8 Å². The molecule has 0 aromatic heterocycles. The molecule has 0 aromatic carbocycles. The number of thioether (sulfide) groups is 1. The van der Waals surface area contributed by atoms with Gasteiger partial charge in [0.05, 0.1) is 0 Å². The van der Waals surface area contributed by atoms with Crippen molar-refractivity contribution in [2.24, 2.45) is 5.73 Å². The summed E-state index contributed by atoms with van der Waals surface area (Å²) < 4.78 is 0. The van der Waals surface area contributed by atoms with Gasteiger partial charge in [0.15, 0.2) is 0 Å². The summed E-state index contributed by atoms with van der Waals surface area (Å²) in [6.07, 6.45) is 5.76. The lowest BCUT2D eigenvalue weighted by Gasteiger charge is -2.16. The summed E-state index contributed by atoms with van der Waals surface area (Å²) in [5.74, 6) is 0. The molecule has 0 saturated heterocycles. The molecule has 0 aliphatic carbocycles. The van der Waals surface area contributed by atoms with Gasteiger partial charge in [-0.3, -0.25) is 0 Å². The van der Waals surface area contributed by atoms with Crippen LogP contribution in [0, 0.1) is 0 Å². The monoisotopic (exact) mass is 157 g/mol. The molecule has 1 heterocycles. The lowest BCUT2D eigenvalue weighted by molar-refractivity contribution is 0.582. The van der Waals surface area contributed by atoms with Crippen LogP contribution in [0.25, 0.3) is 0 Å². The fourth-order valence-electron chi connectivity index (χ4n) is 1.20. The smallest absolute Gasteiger partial charge is 0.0274 e. The van der Waals surface area contributed by atoms with E-state index in [0.29, 0.717) is 11.3 Å². The van der Waals surface area contributed by atoms with Gasteiger partial charge in [0, 0.05) is 11.3 Å². The molecule has 2 N–H and O–H groups in total. The molecule has 0 amide bonds. The fourth-order valence-corrected chi connectivity index (χ4v) is 2.18. The Hall–Kier alpha value is 0.0500. The Kier molecular flexibility index (Phi) is 3.29. The van der Waals surface area contributed by atoms with Crippen molar-refractivity contribution in [3.8, 4) is 0 Å². The van der Waals surface area contributed by atoms with Gasteiger partial charge < -0.3 is 5.73 Å². The molecular weight excluding hydrogens is 142 g/mol. The van der Waals surface area contributed by atoms with Crippen LogP contribution in [0.4, 0.5) is 0 Å². The van der Waals surface area contributed by atoms with Gasteiger partial charge in [0.1, 0.15) is 0 Å². The van der Waals surface area contributed by atoms with Crippen LogP contribution in [0.15, 0.2) is 11.5 Å². The molecule has 0 spiro atoms. The summed E-state index contributed by atoms with van der Waals surface area (Å²) in [6.45, 7) is 2.19. The molecule has 0 fully saturated rings. The van der Waals surface area contributed by atoms with Crippen LogP contribution in [0.1, 0.15) is 26.2 Å². The van der Waals surface area contributed by atoms with E-state index < -0.39 is 0 Å². The second-order valence-electron chi connectivity index (χ2n) is 2.73. The Labute approximate surface area is 67.1 Å². The number of allylic oxidation sites excluding steroid dienone is 1. The minimum absolute atomic E-state index is 0.407. The second kappa shape index (κ2) is 4.04. The van der Waals surface area contributed by atoms with Gasteiger partial charge >= 0.3 is 0 Å². The van der Waals surface area contributed by atoms with E-state index in [1.54, 1.807) is 0 Å². The van der Waals surface area contributed by atoms with Crippen molar-refractivity contribution >= 4 is 11.8 Å². The van der Waals surface area contributed by atoms with Gasteiger partial charge in [-0.25, -0.2) is 0 Å². The van der Waals surface area contributed by atoms with Crippen LogP contribution in [0.5, 0.6) is 0 Å². The van der Waals surface area contributed by atoms with Crippen LogP contribution >= 0.6 is 11.8 Å². The zero-order chi connectivity index (χ0) is 7.40. The first-order valence-corrected chi connectivity index (χ1v) is 4.85. The first-order valence-electron chi connectivity index (χ1n) is 3.90. The SMILES string of the molecule is CCCC(N)C1CC=CS1. The Morgan fingerprint density at radius 1 is 1.80 bits per heavy atom. The van der Waals surface area contributed by atoms with E-state index in [4.69, 9.17) is 5.73 Å². The molecule has 2 unspecified atom stereocenters. The highest BCUT2D eigenvalue weighted by Crippen LogP contribution is 2.27. The molecule has 0 radical (unpaired) electrons. The van der Waals surface area contributed by atoms with Crippen molar-refractivity contribution in [2.45, 2.75) is 37.5 Å². The third-order valence-corrected chi connectivity index (χ3v) is 3.06. The van der Waals surface area contributed by atoms with E-state index >= 15 is 0 Å². The van der Waals surface area contributed by atoms with Crippen LogP contribution in [-0.4, -0.2) is 11.3 Å². The molecule has 10 heavy (non-hydrogen) atoms. The second-order valence-corrected chi connectivity index (χ2v) is 3.88. The molecule has 1 aliphatic rings. The number of rotatable bonds is 3. The van der Waals surface area contributed by atoms with Crippen molar-refractivity contribution in [3.05, 3.63) is 11.5 Å². The molecule has 58 valence electrons. The fraction of sp³-hybridized carbons (Fsp3) is 0.750. The van der Waals surface area contributed by atoms with E-state index in [2.05, 4.69) is 18.4 Å². The first-order chi connectivity index (χ1) is 4.84. The maximum Gasteiger partial charge on any atom is 0.0274 e. The average Bonchev–Trinajstić information content (AvgIpc) is 2.38. The minimum atomic E-state index is 0.407. The predicted molar refractivity (Wildman–Crippen MR) is 48.0 cm³/mol. The molecule has 1 aliphatic heterocycles. The lowest BCUT2D eigenvalue weighted by Crippen LogP contribution is -2.30. The highest BCUT2D eigenvalue weighted by molar-refractivity contribution is 8.03. The molecule has 1 nitrogen and oxygen atoms in total. The van der Waals surface area contributed by atoms with Gasteiger partial charge in [-0.1, -0.05) is 19.4 Å². The quantitative estimate of drug-likeness (QED) is 0.679. The minimum Gasteiger partial charge on any atom is -0.327 e. The maximum atomic E-state index is 5.93. The zero-order valence-corrected chi connectivity index (χ0v) is 7.23. The topological polar surface area (TPSA) is 26.0 Å². The Morgan fingerprint density at radius 2 is 2.60 bits per heavy atom. The highest BCUT2D eigenvalue weighted by atomic mass is 32.2. The molecule has 0 saturated carbocycles. The van der Waals surface area contributed by atoms with Crippen LogP contribution in [0.3, 0.4) is 0 Å². The molecule has 2 heteroatoms.